The van der Waals surface area contributed by atoms with Crippen LogP contribution in [0.25, 0.3) is 0 Å². The van der Waals surface area contributed by atoms with Gasteiger partial charge in [0.1, 0.15) is 6.61 Å². The van der Waals surface area contributed by atoms with E-state index in [0.717, 1.165) is 0 Å². The molecule has 1 N–H and O–H groups in total. The van der Waals surface area contributed by atoms with Crippen LogP contribution in [0.1, 0.15) is 13.8 Å². The largest absolute Gasteiger partial charge is 0.460 e. The summed E-state index contributed by atoms with van der Waals surface area (Å²) in [5, 5.41) is 16.2. The van der Waals surface area contributed by atoms with Gasteiger partial charge in [-0.3, -0.25) is 0 Å². The number of allylic oxidation sites excluding steroid dienone is 3. The SMILES string of the molecule is C=C(C)C(=O)OCC(C)O.C=CC#N.C=CC=C. The first kappa shape index (κ1) is 21.2. The molecule has 1 unspecified atom stereocenters. The summed E-state index contributed by atoms with van der Waals surface area (Å²) in [5.41, 5.74) is 0.348. The molecular weight excluding hydrogens is 230 g/mol. The first-order chi connectivity index (χ1) is 8.37. The summed E-state index contributed by atoms with van der Waals surface area (Å²) in [4.78, 5) is 10.6. The molecule has 0 fully saturated rings. The van der Waals surface area contributed by atoms with Gasteiger partial charge in [-0.25, -0.2) is 4.79 Å². The second-order valence-electron chi connectivity index (χ2n) is 3.03. The maximum absolute atomic E-state index is 10.6. The Bertz CT molecular complexity index is 305. The average Bonchev–Trinajstić information content (AvgIpc) is 2.36. The van der Waals surface area contributed by atoms with Gasteiger partial charge in [-0.15, -0.1) is 0 Å². The summed E-state index contributed by atoms with van der Waals surface area (Å²) in [6.07, 6.45) is 3.85. The van der Waals surface area contributed by atoms with E-state index in [4.69, 9.17) is 10.4 Å². The third-order valence-electron chi connectivity index (χ3n) is 1.06. The van der Waals surface area contributed by atoms with Gasteiger partial charge in [0.2, 0.25) is 0 Å². The van der Waals surface area contributed by atoms with Crippen molar-refractivity contribution < 1.29 is 14.6 Å². The summed E-state index contributed by atoms with van der Waals surface area (Å²) in [5.74, 6) is -0.457. The van der Waals surface area contributed by atoms with Crippen LogP contribution >= 0.6 is 0 Å². The molecule has 0 aromatic heterocycles. The molecule has 0 rings (SSSR count). The predicted octanol–water partition coefficient (Wildman–Crippen LogP) is 2.54. The minimum absolute atomic E-state index is 0.0334. The highest BCUT2D eigenvalue weighted by atomic mass is 16.5. The molecule has 0 amide bonds. The summed E-state index contributed by atoms with van der Waals surface area (Å²) in [6.45, 7) is 16.4. The van der Waals surface area contributed by atoms with E-state index in [1.54, 1.807) is 32.1 Å². The number of hydrogen-bond acceptors (Lipinski definition) is 4. The van der Waals surface area contributed by atoms with E-state index in [0.29, 0.717) is 5.57 Å². The zero-order valence-electron chi connectivity index (χ0n) is 11.1. The number of nitriles is 1. The van der Waals surface area contributed by atoms with Crippen LogP contribution < -0.4 is 0 Å². The number of carbonyl (C=O) groups excluding carboxylic acids is 1. The number of aliphatic hydroxyl groups excluding tert-OH is 1. The van der Waals surface area contributed by atoms with Crippen LogP contribution in [0.3, 0.4) is 0 Å². The van der Waals surface area contributed by atoms with Crippen LogP contribution in [0.4, 0.5) is 0 Å². The Morgan fingerprint density at radius 1 is 1.44 bits per heavy atom. The minimum atomic E-state index is -0.608. The van der Waals surface area contributed by atoms with Crippen LogP contribution in [-0.4, -0.2) is 23.8 Å². The Morgan fingerprint density at radius 3 is 2.00 bits per heavy atom. The molecule has 4 nitrogen and oxygen atoms in total. The van der Waals surface area contributed by atoms with Gasteiger partial charge in [0.15, 0.2) is 0 Å². The van der Waals surface area contributed by atoms with Gasteiger partial charge < -0.3 is 9.84 Å². The Morgan fingerprint density at radius 2 is 1.83 bits per heavy atom. The fraction of sp³-hybridized carbons (Fsp3) is 0.286. The van der Waals surface area contributed by atoms with E-state index in [2.05, 4.69) is 31.1 Å². The lowest BCUT2D eigenvalue weighted by atomic mass is 10.3. The van der Waals surface area contributed by atoms with E-state index >= 15 is 0 Å². The van der Waals surface area contributed by atoms with Gasteiger partial charge in [-0.1, -0.05) is 38.5 Å². The fourth-order valence-electron chi connectivity index (χ4n) is 0.319. The monoisotopic (exact) mass is 251 g/mol. The maximum atomic E-state index is 10.6. The van der Waals surface area contributed by atoms with Crippen molar-refractivity contribution in [3.8, 4) is 6.07 Å². The number of nitrogens with zero attached hydrogens (tertiary/aromatic N) is 1. The zero-order chi connectivity index (χ0) is 15.0. The number of ether oxygens (including phenoxy) is 1. The highest BCUT2D eigenvalue weighted by molar-refractivity contribution is 5.86. The average molecular weight is 251 g/mol. The lowest BCUT2D eigenvalue weighted by Crippen LogP contribution is -2.15. The first-order valence-corrected chi connectivity index (χ1v) is 5.11. The molecule has 0 bridgehead atoms. The van der Waals surface area contributed by atoms with Crippen molar-refractivity contribution in [2.75, 3.05) is 6.61 Å². The lowest BCUT2D eigenvalue weighted by Gasteiger charge is -2.04. The van der Waals surface area contributed by atoms with Gasteiger partial charge in [-0.05, 0) is 13.8 Å². The highest BCUT2D eigenvalue weighted by Crippen LogP contribution is 1.92. The number of hydrogen-bond donors (Lipinski definition) is 1. The lowest BCUT2D eigenvalue weighted by molar-refractivity contribution is -0.141. The molecule has 0 heterocycles. The highest BCUT2D eigenvalue weighted by Gasteiger charge is 2.03. The molecule has 0 saturated carbocycles. The van der Waals surface area contributed by atoms with Crippen LogP contribution in [0.5, 0.6) is 0 Å². The quantitative estimate of drug-likeness (QED) is 0.361. The molecular formula is C14H21NO3. The molecule has 0 radical (unpaired) electrons. The van der Waals surface area contributed by atoms with Crippen LogP contribution in [0.15, 0.2) is 50.1 Å². The molecule has 0 aliphatic rings. The molecule has 0 aromatic carbocycles. The van der Waals surface area contributed by atoms with E-state index in [-0.39, 0.29) is 6.61 Å². The van der Waals surface area contributed by atoms with E-state index < -0.39 is 12.1 Å². The normalized spacial score (nSPS) is 8.78. The number of aliphatic hydroxyl groups is 1. The van der Waals surface area contributed by atoms with E-state index in [9.17, 15) is 4.79 Å². The van der Waals surface area contributed by atoms with Crippen molar-refractivity contribution in [3.05, 3.63) is 50.1 Å². The standard InChI is InChI=1S/C7H12O3.C4H6.C3H3N/c1-5(2)7(9)10-4-6(3)8;1-3-4-2;1-2-3-4/h6,8H,1,4H2,2-3H3;3-4H,1-2H2;2H,1H2. The van der Waals surface area contributed by atoms with Gasteiger partial charge >= 0.3 is 5.97 Å². The molecule has 0 saturated heterocycles. The molecule has 0 aliphatic carbocycles. The number of rotatable bonds is 4. The van der Waals surface area contributed by atoms with Gasteiger partial charge in [-0.2, -0.15) is 5.26 Å². The Balaban J connectivity index is -0.000000233. The van der Waals surface area contributed by atoms with Crippen LogP contribution in [-0.2, 0) is 9.53 Å². The predicted molar refractivity (Wildman–Crippen MR) is 73.7 cm³/mol. The third-order valence-corrected chi connectivity index (χ3v) is 1.06. The summed E-state index contributed by atoms with van der Waals surface area (Å²) in [6, 6.07) is 1.69. The Kier molecular flexibility index (Phi) is 20.3. The van der Waals surface area contributed by atoms with Crippen molar-refractivity contribution in [2.45, 2.75) is 20.0 Å². The number of esters is 1. The molecule has 100 valence electrons. The van der Waals surface area contributed by atoms with Crippen molar-refractivity contribution in [1.29, 1.82) is 5.26 Å². The van der Waals surface area contributed by atoms with Crippen molar-refractivity contribution in [3.63, 3.8) is 0 Å². The van der Waals surface area contributed by atoms with E-state index in [1.807, 2.05) is 0 Å². The van der Waals surface area contributed by atoms with Crippen LogP contribution in [0.2, 0.25) is 0 Å². The summed E-state index contributed by atoms with van der Waals surface area (Å²) >= 11 is 0. The third kappa shape index (κ3) is 29.2. The van der Waals surface area contributed by atoms with Gasteiger partial charge in [0.25, 0.3) is 0 Å². The zero-order valence-corrected chi connectivity index (χ0v) is 11.1. The van der Waals surface area contributed by atoms with Crippen molar-refractivity contribution >= 4 is 5.97 Å². The molecule has 1 atom stereocenters. The van der Waals surface area contributed by atoms with Gasteiger partial charge in [0.05, 0.1) is 12.2 Å². The number of carbonyl (C=O) groups is 1. The fourth-order valence-corrected chi connectivity index (χ4v) is 0.319. The molecule has 0 spiro atoms. The molecule has 4 heteroatoms. The second-order valence-corrected chi connectivity index (χ2v) is 3.03. The topological polar surface area (TPSA) is 70.3 Å². The smallest absolute Gasteiger partial charge is 0.333 e. The van der Waals surface area contributed by atoms with Crippen molar-refractivity contribution in [2.24, 2.45) is 0 Å². The summed E-state index contributed by atoms with van der Waals surface area (Å²) in [7, 11) is 0. The maximum Gasteiger partial charge on any atom is 0.333 e. The van der Waals surface area contributed by atoms with E-state index in [1.165, 1.54) is 6.08 Å². The molecule has 18 heavy (non-hydrogen) atoms. The minimum Gasteiger partial charge on any atom is -0.460 e. The molecule has 0 aromatic rings. The molecule has 0 aliphatic heterocycles. The Hall–Kier alpha value is -2.12. The second kappa shape index (κ2) is 17.3. The Labute approximate surface area is 109 Å². The summed E-state index contributed by atoms with van der Waals surface area (Å²) < 4.78 is 4.58. The van der Waals surface area contributed by atoms with Gasteiger partial charge in [0, 0.05) is 11.6 Å². The first-order valence-electron chi connectivity index (χ1n) is 5.11. The van der Waals surface area contributed by atoms with Crippen molar-refractivity contribution in [1.82, 2.24) is 0 Å². The van der Waals surface area contributed by atoms with Crippen LogP contribution in [0, 0.1) is 11.3 Å².